The number of carbonyl (C=O) groups excluding carboxylic acids is 3. The molecule has 0 amide bonds. The van der Waals surface area contributed by atoms with E-state index in [9.17, 15) is 29.7 Å². The molecule has 0 rings (SSSR count). The second-order valence-corrected chi connectivity index (χ2v) is 8.20. The van der Waals surface area contributed by atoms with Crippen molar-refractivity contribution in [3.05, 3.63) is 36.5 Å². The maximum absolute atomic E-state index is 12.9. The molecule has 0 radical (unpaired) electrons. The highest BCUT2D eigenvalue weighted by Gasteiger charge is 2.69. The Morgan fingerprint density at radius 1 is 0.667 bits per heavy atom. The molecular weight excluding hydrogens is 480 g/mol. The van der Waals surface area contributed by atoms with Gasteiger partial charge in [-0.05, 0) is 41.5 Å². The van der Waals surface area contributed by atoms with Crippen molar-refractivity contribution in [1.82, 2.24) is 0 Å². The third-order valence-corrected chi connectivity index (χ3v) is 5.61. The Bertz CT molecular complexity index is 759. The van der Waals surface area contributed by atoms with E-state index in [0.29, 0.717) is 0 Å². The van der Waals surface area contributed by atoms with Gasteiger partial charge in [0.15, 0.2) is 6.61 Å². The topological polar surface area (TPSA) is 167 Å². The molecule has 0 spiro atoms. The molecule has 0 aliphatic heterocycles. The Labute approximate surface area is 211 Å². The normalized spacial score (nSPS) is 15.6. The summed E-state index contributed by atoms with van der Waals surface area (Å²) in [5, 5.41) is 28.7. The fraction of sp³-hybridized carbons (Fsp3) is 0.625. The summed E-state index contributed by atoms with van der Waals surface area (Å²) in [4.78, 5) is 38.2. The minimum absolute atomic E-state index is 0.0223. The molecule has 0 aliphatic rings. The lowest BCUT2D eigenvalue weighted by Gasteiger charge is -2.54. The van der Waals surface area contributed by atoms with E-state index in [4.69, 9.17) is 28.4 Å². The van der Waals surface area contributed by atoms with E-state index in [0.717, 1.165) is 0 Å². The molecule has 0 saturated heterocycles. The van der Waals surface area contributed by atoms with Crippen LogP contribution in [-0.2, 0) is 42.8 Å². The summed E-state index contributed by atoms with van der Waals surface area (Å²) in [6.45, 7) is 15.3. The van der Waals surface area contributed by atoms with Crippen molar-refractivity contribution in [2.24, 2.45) is 5.41 Å². The standard InChI is InChI=1S/C24H38O12/c1-14(2)20(28)31-10-23(35-21(29)15(3)4,36-22(30)16(5)6)24(17(7)32-11-25,18(8)33-12-26)19(9)34-13-27/h17-19,25-27H,1,3,5,10-13H2,2,4,6-9H3. The summed E-state index contributed by atoms with van der Waals surface area (Å²) in [5.74, 6) is -5.66. The van der Waals surface area contributed by atoms with Crippen LogP contribution in [0.3, 0.4) is 0 Å². The molecule has 0 aliphatic carbocycles. The second kappa shape index (κ2) is 14.8. The molecule has 0 fully saturated rings. The fourth-order valence-corrected chi connectivity index (χ4v) is 3.81. The van der Waals surface area contributed by atoms with Crippen LogP contribution in [0.25, 0.3) is 0 Å². The molecule has 12 nitrogen and oxygen atoms in total. The highest BCUT2D eigenvalue weighted by Crippen LogP contribution is 2.49. The van der Waals surface area contributed by atoms with Crippen LogP contribution in [0, 0.1) is 5.41 Å². The Morgan fingerprint density at radius 2 is 0.972 bits per heavy atom. The third kappa shape index (κ3) is 7.69. The number of rotatable bonds is 17. The zero-order valence-corrected chi connectivity index (χ0v) is 21.7. The number of esters is 3. The predicted octanol–water partition coefficient (Wildman–Crippen LogP) is 1.09. The van der Waals surface area contributed by atoms with Crippen LogP contribution in [0.15, 0.2) is 36.5 Å². The van der Waals surface area contributed by atoms with Gasteiger partial charge in [0, 0.05) is 16.7 Å². The van der Waals surface area contributed by atoms with Crippen LogP contribution in [0.4, 0.5) is 0 Å². The number of ether oxygens (including phenoxy) is 6. The molecule has 0 heterocycles. The zero-order chi connectivity index (χ0) is 28.3. The van der Waals surface area contributed by atoms with Gasteiger partial charge in [-0.15, -0.1) is 0 Å². The average Bonchev–Trinajstić information content (AvgIpc) is 2.78. The Hall–Kier alpha value is -2.61. The molecule has 0 aromatic heterocycles. The number of hydrogen-bond donors (Lipinski definition) is 3. The summed E-state index contributed by atoms with van der Waals surface area (Å²) in [7, 11) is 0. The van der Waals surface area contributed by atoms with Crippen LogP contribution in [-0.4, -0.2) is 84.3 Å². The molecule has 3 N–H and O–H groups in total. The summed E-state index contributed by atoms with van der Waals surface area (Å²) < 4.78 is 33.0. The van der Waals surface area contributed by atoms with Crippen molar-refractivity contribution in [3.8, 4) is 0 Å². The maximum Gasteiger partial charge on any atom is 0.336 e. The van der Waals surface area contributed by atoms with Crippen LogP contribution in [0.1, 0.15) is 41.5 Å². The van der Waals surface area contributed by atoms with Crippen molar-refractivity contribution in [2.75, 3.05) is 27.0 Å². The SMILES string of the molecule is C=C(C)C(=O)OCC(OC(=O)C(=C)C)(OC(=O)C(=C)C)C(C(C)OCO)(C(C)OCO)C(C)OCO. The van der Waals surface area contributed by atoms with Gasteiger partial charge in [-0.3, -0.25) is 0 Å². The van der Waals surface area contributed by atoms with Gasteiger partial charge in [-0.2, -0.15) is 0 Å². The predicted molar refractivity (Wildman–Crippen MR) is 126 cm³/mol. The quantitative estimate of drug-likeness (QED) is 0.143. The molecule has 12 heteroatoms. The average molecular weight is 519 g/mol. The van der Waals surface area contributed by atoms with Crippen LogP contribution >= 0.6 is 0 Å². The lowest BCUT2D eigenvalue weighted by atomic mass is 9.66. The fourth-order valence-electron chi connectivity index (χ4n) is 3.81. The molecule has 0 saturated carbocycles. The van der Waals surface area contributed by atoms with Crippen molar-refractivity contribution in [1.29, 1.82) is 0 Å². The highest BCUT2D eigenvalue weighted by molar-refractivity contribution is 5.89. The monoisotopic (exact) mass is 518 g/mol. The lowest BCUT2D eigenvalue weighted by molar-refractivity contribution is -0.356. The first-order valence-electron chi connectivity index (χ1n) is 11.0. The van der Waals surface area contributed by atoms with Crippen LogP contribution in [0.2, 0.25) is 0 Å². The number of aliphatic hydroxyl groups excluding tert-OH is 3. The van der Waals surface area contributed by atoms with E-state index in [1.54, 1.807) is 0 Å². The molecular formula is C24H38O12. The van der Waals surface area contributed by atoms with Crippen LogP contribution in [0.5, 0.6) is 0 Å². The van der Waals surface area contributed by atoms with E-state index in [1.165, 1.54) is 41.5 Å². The van der Waals surface area contributed by atoms with Gasteiger partial charge >= 0.3 is 23.7 Å². The minimum Gasteiger partial charge on any atom is -0.454 e. The minimum atomic E-state index is -2.61. The summed E-state index contributed by atoms with van der Waals surface area (Å²) in [6, 6.07) is 0. The largest absolute Gasteiger partial charge is 0.454 e. The van der Waals surface area contributed by atoms with Gasteiger partial charge in [0.05, 0.1) is 18.3 Å². The van der Waals surface area contributed by atoms with Crippen molar-refractivity contribution < 1.29 is 58.1 Å². The van der Waals surface area contributed by atoms with Gasteiger partial charge in [-0.1, -0.05) is 19.7 Å². The first kappa shape index (κ1) is 33.4. The molecule has 3 atom stereocenters. The molecule has 206 valence electrons. The highest BCUT2D eigenvalue weighted by atomic mass is 16.8. The number of carbonyl (C=O) groups is 3. The van der Waals surface area contributed by atoms with E-state index in [2.05, 4.69) is 19.7 Å². The van der Waals surface area contributed by atoms with Gasteiger partial charge in [0.2, 0.25) is 0 Å². The number of hydrogen-bond acceptors (Lipinski definition) is 12. The smallest absolute Gasteiger partial charge is 0.336 e. The van der Waals surface area contributed by atoms with E-state index < -0.39 is 74.4 Å². The Morgan fingerprint density at radius 3 is 1.22 bits per heavy atom. The van der Waals surface area contributed by atoms with Crippen molar-refractivity contribution >= 4 is 17.9 Å². The Balaban J connectivity index is 7.67. The van der Waals surface area contributed by atoms with E-state index >= 15 is 0 Å². The Kier molecular flexibility index (Phi) is 13.8. The molecule has 0 aromatic rings. The van der Waals surface area contributed by atoms with Crippen molar-refractivity contribution in [3.63, 3.8) is 0 Å². The molecule has 36 heavy (non-hydrogen) atoms. The first-order chi connectivity index (χ1) is 16.7. The first-order valence-corrected chi connectivity index (χ1v) is 11.0. The molecule has 0 aromatic carbocycles. The zero-order valence-electron chi connectivity index (χ0n) is 21.7. The summed E-state index contributed by atoms with van der Waals surface area (Å²) >= 11 is 0. The summed E-state index contributed by atoms with van der Waals surface area (Å²) in [6.07, 6.45) is -3.82. The van der Waals surface area contributed by atoms with Gasteiger partial charge < -0.3 is 43.7 Å². The van der Waals surface area contributed by atoms with Crippen molar-refractivity contribution in [2.45, 2.75) is 65.6 Å². The van der Waals surface area contributed by atoms with E-state index in [-0.39, 0.29) is 16.7 Å². The maximum atomic E-state index is 12.9. The lowest BCUT2D eigenvalue weighted by Crippen LogP contribution is -2.71. The molecule has 0 bridgehead atoms. The third-order valence-electron chi connectivity index (χ3n) is 5.61. The number of aliphatic hydroxyl groups is 3. The van der Waals surface area contributed by atoms with Crippen LogP contribution < -0.4 is 0 Å². The summed E-state index contributed by atoms with van der Waals surface area (Å²) in [5.41, 5.74) is -2.28. The van der Waals surface area contributed by atoms with Gasteiger partial charge in [-0.25, -0.2) is 14.4 Å². The van der Waals surface area contributed by atoms with Gasteiger partial charge in [0.1, 0.15) is 25.8 Å². The second-order valence-electron chi connectivity index (χ2n) is 8.20. The molecule has 3 unspecified atom stereocenters. The van der Waals surface area contributed by atoms with Gasteiger partial charge in [0.25, 0.3) is 0 Å². The van der Waals surface area contributed by atoms with E-state index in [1.807, 2.05) is 0 Å².